The van der Waals surface area contributed by atoms with E-state index >= 15 is 0 Å². The van der Waals surface area contributed by atoms with E-state index in [1.807, 2.05) is 12.1 Å². The number of hydrogen-bond acceptors (Lipinski definition) is 5. The summed E-state index contributed by atoms with van der Waals surface area (Å²) in [5.41, 5.74) is 3.41. The van der Waals surface area contributed by atoms with Gasteiger partial charge in [-0.25, -0.2) is 9.89 Å². The van der Waals surface area contributed by atoms with Crippen molar-refractivity contribution < 1.29 is 9.53 Å². The molecule has 1 aromatic carbocycles. The fourth-order valence-corrected chi connectivity index (χ4v) is 3.59. The second kappa shape index (κ2) is 7.40. The zero-order chi connectivity index (χ0) is 19.7. The number of esters is 1. The molecule has 0 saturated heterocycles. The summed E-state index contributed by atoms with van der Waals surface area (Å²) in [6.07, 6.45) is 3.33. The van der Waals surface area contributed by atoms with Crippen LogP contribution in [0, 0.1) is 0 Å². The Morgan fingerprint density at radius 3 is 2.71 bits per heavy atom. The van der Waals surface area contributed by atoms with Crippen molar-refractivity contribution >= 4 is 32.8 Å². The van der Waals surface area contributed by atoms with E-state index in [9.17, 15) is 9.59 Å². The Morgan fingerprint density at radius 2 is 1.96 bits per heavy atom. The molecule has 0 fully saturated rings. The average Bonchev–Trinajstić information content (AvgIpc) is 3.05. The highest BCUT2D eigenvalue weighted by Gasteiger charge is 2.17. The van der Waals surface area contributed by atoms with Crippen molar-refractivity contribution in [3.05, 3.63) is 69.2 Å². The van der Waals surface area contributed by atoms with Crippen LogP contribution in [-0.2, 0) is 4.74 Å². The molecule has 0 aliphatic carbocycles. The monoisotopic (exact) mass is 438 g/mol. The number of nitrogens with zero attached hydrogens (tertiary/aromatic N) is 2. The number of hydrogen-bond donors (Lipinski definition) is 2. The lowest BCUT2D eigenvalue weighted by molar-refractivity contribution is 0.0526. The van der Waals surface area contributed by atoms with Gasteiger partial charge in [-0.15, -0.1) is 0 Å². The lowest BCUT2D eigenvalue weighted by Crippen LogP contribution is -2.11. The molecular formula is C20H15BrN4O3. The van der Waals surface area contributed by atoms with Crippen LogP contribution < -0.4 is 5.56 Å². The minimum absolute atomic E-state index is 0.306. The SMILES string of the molecule is CCOC(=O)c1ccc2[nH]c(-c3cc(-c4ccncc4)n[nH]c3=O)c(Br)c2c1. The molecule has 0 saturated carbocycles. The third-order valence-electron chi connectivity index (χ3n) is 4.30. The molecule has 140 valence electrons. The summed E-state index contributed by atoms with van der Waals surface area (Å²) in [5, 5.41) is 7.44. The Bertz CT molecular complexity index is 1230. The van der Waals surface area contributed by atoms with Crippen molar-refractivity contribution in [2.75, 3.05) is 6.61 Å². The maximum atomic E-state index is 12.4. The van der Waals surface area contributed by atoms with Crippen LogP contribution in [0.4, 0.5) is 0 Å². The van der Waals surface area contributed by atoms with E-state index in [-0.39, 0.29) is 11.5 Å². The van der Waals surface area contributed by atoms with Gasteiger partial charge in [-0.3, -0.25) is 9.78 Å². The third kappa shape index (κ3) is 3.22. The van der Waals surface area contributed by atoms with Crippen molar-refractivity contribution in [3.63, 3.8) is 0 Å². The predicted molar refractivity (Wildman–Crippen MR) is 109 cm³/mol. The summed E-state index contributed by atoms with van der Waals surface area (Å²) < 4.78 is 5.75. The first-order chi connectivity index (χ1) is 13.6. The first-order valence-electron chi connectivity index (χ1n) is 8.57. The Labute approximate surface area is 167 Å². The van der Waals surface area contributed by atoms with Crippen molar-refractivity contribution in [3.8, 4) is 22.5 Å². The summed E-state index contributed by atoms with van der Waals surface area (Å²) in [4.78, 5) is 31.7. The van der Waals surface area contributed by atoms with E-state index in [1.54, 1.807) is 43.6 Å². The van der Waals surface area contributed by atoms with Gasteiger partial charge in [0.15, 0.2) is 0 Å². The predicted octanol–water partition coefficient (Wildman–Crippen LogP) is 3.92. The Hall–Kier alpha value is -3.26. The summed E-state index contributed by atoms with van der Waals surface area (Å²) in [7, 11) is 0. The molecule has 0 radical (unpaired) electrons. The molecule has 7 nitrogen and oxygen atoms in total. The number of aromatic nitrogens is 4. The van der Waals surface area contributed by atoms with E-state index in [2.05, 4.69) is 36.1 Å². The molecular weight excluding hydrogens is 424 g/mol. The maximum Gasteiger partial charge on any atom is 0.338 e. The highest BCUT2D eigenvalue weighted by Crippen LogP contribution is 2.34. The van der Waals surface area contributed by atoms with Crippen LogP contribution >= 0.6 is 15.9 Å². The standard InChI is InChI=1S/C20H15BrN4O3/c1-2-28-20(27)12-3-4-15-13(9-12)17(21)18(23-15)14-10-16(24-25-19(14)26)11-5-7-22-8-6-11/h3-10,23H,2H2,1H3,(H,25,26). The first kappa shape index (κ1) is 18.1. The Morgan fingerprint density at radius 1 is 1.18 bits per heavy atom. The molecule has 0 unspecified atom stereocenters. The van der Waals surface area contributed by atoms with Crippen LogP contribution in [0.5, 0.6) is 0 Å². The van der Waals surface area contributed by atoms with Gasteiger partial charge in [0.25, 0.3) is 5.56 Å². The molecule has 4 rings (SSSR count). The first-order valence-corrected chi connectivity index (χ1v) is 9.36. The second-order valence-corrected chi connectivity index (χ2v) is 6.82. The zero-order valence-corrected chi connectivity index (χ0v) is 16.4. The van der Waals surface area contributed by atoms with Crippen molar-refractivity contribution in [1.82, 2.24) is 20.2 Å². The van der Waals surface area contributed by atoms with Crippen LogP contribution in [-0.4, -0.2) is 32.7 Å². The number of pyridine rings is 1. The van der Waals surface area contributed by atoms with E-state index in [0.717, 1.165) is 16.5 Å². The molecule has 0 aliphatic heterocycles. The van der Waals surface area contributed by atoms with Crippen LogP contribution in [0.2, 0.25) is 0 Å². The number of nitrogens with one attached hydrogen (secondary N) is 2. The lowest BCUT2D eigenvalue weighted by Gasteiger charge is -2.03. The van der Waals surface area contributed by atoms with E-state index < -0.39 is 0 Å². The van der Waals surface area contributed by atoms with Gasteiger partial charge in [-0.2, -0.15) is 5.10 Å². The van der Waals surface area contributed by atoms with Crippen molar-refractivity contribution in [2.45, 2.75) is 6.92 Å². The van der Waals surface area contributed by atoms with E-state index in [4.69, 9.17) is 4.74 Å². The number of ether oxygens (including phenoxy) is 1. The molecule has 0 bridgehead atoms. The fraction of sp³-hybridized carbons (Fsp3) is 0.100. The minimum Gasteiger partial charge on any atom is -0.462 e. The molecule has 8 heteroatoms. The summed E-state index contributed by atoms with van der Waals surface area (Å²) >= 11 is 3.56. The molecule has 28 heavy (non-hydrogen) atoms. The second-order valence-electron chi connectivity index (χ2n) is 6.03. The molecule has 0 atom stereocenters. The number of H-pyrrole nitrogens is 2. The number of carbonyl (C=O) groups excluding carboxylic acids is 1. The number of carbonyl (C=O) groups is 1. The van der Waals surface area contributed by atoms with Gasteiger partial charge in [0.1, 0.15) is 0 Å². The lowest BCUT2D eigenvalue weighted by atomic mass is 10.1. The van der Waals surface area contributed by atoms with Crippen LogP contribution in [0.1, 0.15) is 17.3 Å². The molecule has 4 aromatic rings. The zero-order valence-electron chi connectivity index (χ0n) is 14.8. The van der Waals surface area contributed by atoms with Gasteiger partial charge < -0.3 is 9.72 Å². The van der Waals surface area contributed by atoms with Gasteiger partial charge in [-0.05, 0) is 59.3 Å². The highest BCUT2D eigenvalue weighted by molar-refractivity contribution is 9.10. The number of aromatic amines is 2. The van der Waals surface area contributed by atoms with E-state index in [1.165, 1.54) is 0 Å². The van der Waals surface area contributed by atoms with Crippen molar-refractivity contribution in [1.29, 1.82) is 0 Å². The Kier molecular flexibility index (Phi) is 4.79. The average molecular weight is 439 g/mol. The molecule has 3 heterocycles. The van der Waals surface area contributed by atoms with Crippen LogP contribution in [0.25, 0.3) is 33.4 Å². The quantitative estimate of drug-likeness (QED) is 0.470. The number of benzene rings is 1. The number of halogens is 1. The fourth-order valence-electron chi connectivity index (χ4n) is 2.95. The molecule has 0 amide bonds. The molecule has 2 N–H and O–H groups in total. The van der Waals surface area contributed by atoms with Gasteiger partial charge in [0, 0.05) is 28.9 Å². The van der Waals surface area contributed by atoms with Gasteiger partial charge >= 0.3 is 5.97 Å². The topological polar surface area (TPSA) is 101 Å². The van der Waals surface area contributed by atoms with Gasteiger partial charge in [0.2, 0.25) is 0 Å². The summed E-state index contributed by atoms with van der Waals surface area (Å²) in [6, 6.07) is 10.6. The maximum absolute atomic E-state index is 12.4. The molecule has 3 aromatic heterocycles. The summed E-state index contributed by atoms with van der Waals surface area (Å²) in [5.74, 6) is -0.388. The summed E-state index contributed by atoms with van der Waals surface area (Å²) in [6.45, 7) is 2.07. The smallest absolute Gasteiger partial charge is 0.338 e. The Balaban J connectivity index is 1.84. The largest absolute Gasteiger partial charge is 0.462 e. The van der Waals surface area contributed by atoms with Gasteiger partial charge in [0.05, 0.1) is 33.6 Å². The van der Waals surface area contributed by atoms with E-state index in [0.29, 0.717) is 33.6 Å². The molecule has 0 aliphatic rings. The minimum atomic E-state index is -0.388. The number of fused-ring (bicyclic) bond motifs is 1. The third-order valence-corrected chi connectivity index (χ3v) is 5.12. The van der Waals surface area contributed by atoms with Crippen LogP contribution in [0.3, 0.4) is 0 Å². The normalized spacial score (nSPS) is 10.9. The molecule has 0 spiro atoms. The number of rotatable bonds is 4. The van der Waals surface area contributed by atoms with Crippen LogP contribution in [0.15, 0.2) is 58.1 Å². The van der Waals surface area contributed by atoms with Gasteiger partial charge in [-0.1, -0.05) is 0 Å². The highest BCUT2D eigenvalue weighted by atomic mass is 79.9. The van der Waals surface area contributed by atoms with Crippen molar-refractivity contribution in [2.24, 2.45) is 0 Å².